The van der Waals surface area contributed by atoms with Crippen LogP contribution in [-0.4, -0.2) is 6.29 Å². The lowest BCUT2D eigenvalue weighted by Gasteiger charge is -2.12. The Morgan fingerprint density at radius 3 is 2.70 bits per heavy atom. The molecule has 0 aliphatic carbocycles. The normalized spacial score (nSPS) is 10.4. The third kappa shape index (κ3) is 3.30. The van der Waals surface area contributed by atoms with Crippen LogP contribution >= 0.6 is 23.2 Å². The second-order valence-corrected chi connectivity index (χ2v) is 5.13. The van der Waals surface area contributed by atoms with Gasteiger partial charge in [0.15, 0.2) is 6.29 Å². The smallest absolute Gasteiger partial charge is 0.153 e. The number of aryl methyl sites for hydroxylation is 1. The number of carbonyl (C=O) groups is 1. The highest BCUT2D eigenvalue weighted by molar-refractivity contribution is 6.36. The summed E-state index contributed by atoms with van der Waals surface area (Å²) in [6, 6.07) is 7.39. The van der Waals surface area contributed by atoms with Gasteiger partial charge in [0.1, 0.15) is 18.2 Å². The van der Waals surface area contributed by atoms with Gasteiger partial charge < -0.3 is 4.74 Å². The number of halogens is 3. The molecule has 0 saturated carbocycles. The Balaban J connectivity index is 2.27. The van der Waals surface area contributed by atoms with Crippen molar-refractivity contribution in [2.45, 2.75) is 13.5 Å². The molecule has 0 N–H and O–H groups in total. The molecule has 2 aromatic rings. The van der Waals surface area contributed by atoms with Crippen LogP contribution in [0.3, 0.4) is 0 Å². The van der Waals surface area contributed by atoms with Crippen LogP contribution in [0.4, 0.5) is 4.39 Å². The Morgan fingerprint density at radius 1 is 1.25 bits per heavy atom. The molecule has 0 aliphatic heterocycles. The number of rotatable bonds is 4. The van der Waals surface area contributed by atoms with Crippen LogP contribution in [0.15, 0.2) is 30.3 Å². The molecule has 0 radical (unpaired) electrons. The number of benzene rings is 2. The molecule has 20 heavy (non-hydrogen) atoms. The van der Waals surface area contributed by atoms with Gasteiger partial charge in [0, 0.05) is 5.02 Å². The minimum atomic E-state index is -0.341. The predicted molar refractivity (Wildman–Crippen MR) is 77.3 cm³/mol. The predicted octanol–water partition coefficient (Wildman–Crippen LogP) is 4.83. The first-order chi connectivity index (χ1) is 9.51. The number of carbonyl (C=O) groups excluding carboxylic acids is 1. The number of aldehydes is 1. The maximum absolute atomic E-state index is 13.2. The van der Waals surface area contributed by atoms with Crippen LogP contribution in [-0.2, 0) is 6.61 Å². The van der Waals surface area contributed by atoms with E-state index in [1.54, 1.807) is 6.07 Å². The number of hydrogen-bond acceptors (Lipinski definition) is 2. The fourth-order valence-corrected chi connectivity index (χ4v) is 2.33. The molecular weight excluding hydrogens is 302 g/mol. The summed E-state index contributed by atoms with van der Waals surface area (Å²) < 4.78 is 18.7. The van der Waals surface area contributed by atoms with Crippen molar-refractivity contribution in [3.63, 3.8) is 0 Å². The highest BCUT2D eigenvalue weighted by Gasteiger charge is 2.11. The molecule has 0 atom stereocenters. The van der Waals surface area contributed by atoms with E-state index < -0.39 is 0 Å². The molecule has 2 aromatic carbocycles. The Kier molecular flexibility index (Phi) is 4.63. The fraction of sp³-hybridized carbons (Fsp3) is 0.133. The first-order valence-corrected chi connectivity index (χ1v) is 6.59. The van der Waals surface area contributed by atoms with Gasteiger partial charge in [0.2, 0.25) is 0 Å². The first-order valence-electron chi connectivity index (χ1n) is 5.83. The van der Waals surface area contributed by atoms with Gasteiger partial charge in [-0.15, -0.1) is 0 Å². The first kappa shape index (κ1) is 14.8. The van der Waals surface area contributed by atoms with Crippen LogP contribution in [0, 0.1) is 12.7 Å². The van der Waals surface area contributed by atoms with Crippen LogP contribution in [0.2, 0.25) is 10.0 Å². The molecule has 0 saturated heterocycles. The van der Waals surface area contributed by atoms with Gasteiger partial charge in [-0.1, -0.05) is 29.3 Å². The maximum atomic E-state index is 13.2. The average molecular weight is 313 g/mol. The second kappa shape index (κ2) is 6.25. The Bertz CT molecular complexity index is 657. The monoisotopic (exact) mass is 312 g/mol. The Labute approximate surface area is 126 Å². The molecule has 0 bridgehead atoms. The van der Waals surface area contributed by atoms with Crippen molar-refractivity contribution >= 4 is 29.5 Å². The zero-order chi connectivity index (χ0) is 14.7. The average Bonchev–Trinajstić information content (AvgIpc) is 2.40. The Morgan fingerprint density at radius 2 is 2.00 bits per heavy atom. The van der Waals surface area contributed by atoms with Crippen molar-refractivity contribution in [3.05, 3.63) is 62.9 Å². The molecular formula is C15H11Cl2FO2. The molecule has 0 amide bonds. The highest BCUT2D eigenvalue weighted by Crippen LogP contribution is 2.32. The summed E-state index contributed by atoms with van der Waals surface area (Å²) in [6.07, 6.45) is 0.617. The lowest BCUT2D eigenvalue weighted by molar-refractivity contribution is 0.111. The zero-order valence-corrected chi connectivity index (χ0v) is 12.1. The summed E-state index contributed by atoms with van der Waals surface area (Å²) in [5.41, 5.74) is 1.84. The number of ether oxygens (including phenoxy) is 1. The molecule has 2 rings (SSSR count). The van der Waals surface area contributed by atoms with Gasteiger partial charge in [0.25, 0.3) is 0 Å². The SMILES string of the molecule is Cc1ccc(F)cc1COc1c(Cl)cc(Cl)cc1C=O. The van der Waals surface area contributed by atoms with E-state index in [1.807, 2.05) is 6.92 Å². The summed E-state index contributed by atoms with van der Waals surface area (Å²) in [5, 5.41) is 0.597. The molecule has 104 valence electrons. The van der Waals surface area contributed by atoms with Gasteiger partial charge >= 0.3 is 0 Å². The molecule has 0 unspecified atom stereocenters. The summed E-state index contributed by atoms with van der Waals surface area (Å²) in [5.74, 6) is -0.0956. The zero-order valence-electron chi connectivity index (χ0n) is 10.6. The van der Waals surface area contributed by atoms with E-state index in [0.29, 0.717) is 16.9 Å². The van der Waals surface area contributed by atoms with E-state index in [1.165, 1.54) is 24.3 Å². The van der Waals surface area contributed by atoms with Crippen molar-refractivity contribution in [3.8, 4) is 5.75 Å². The maximum Gasteiger partial charge on any atom is 0.153 e. The summed E-state index contributed by atoms with van der Waals surface area (Å²) in [7, 11) is 0. The quantitative estimate of drug-likeness (QED) is 0.756. The van der Waals surface area contributed by atoms with Crippen LogP contribution < -0.4 is 4.74 Å². The molecule has 0 heterocycles. The van der Waals surface area contributed by atoms with Gasteiger partial charge in [-0.25, -0.2) is 4.39 Å². The van der Waals surface area contributed by atoms with Crippen molar-refractivity contribution in [2.75, 3.05) is 0 Å². The molecule has 0 fully saturated rings. The van der Waals surface area contributed by atoms with Crippen molar-refractivity contribution in [1.82, 2.24) is 0 Å². The molecule has 0 aromatic heterocycles. The van der Waals surface area contributed by atoms with Gasteiger partial charge in [-0.05, 0) is 42.3 Å². The van der Waals surface area contributed by atoms with E-state index in [-0.39, 0.29) is 28.8 Å². The van der Waals surface area contributed by atoms with Crippen LogP contribution in [0.5, 0.6) is 5.75 Å². The molecule has 5 heteroatoms. The van der Waals surface area contributed by atoms with Gasteiger partial charge in [-0.2, -0.15) is 0 Å². The minimum Gasteiger partial charge on any atom is -0.487 e. The van der Waals surface area contributed by atoms with Crippen LogP contribution in [0.25, 0.3) is 0 Å². The van der Waals surface area contributed by atoms with E-state index >= 15 is 0 Å². The standard InChI is InChI=1S/C15H11Cl2FO2/c1-9-2-3-13(18)5-11(9)8-20-15-10(7-19)4-12(16)6-14(15)17/h2-7H,8H2,1H3. The minimum absolute atomic E-state index is 0.117. The topological polar surface area (TPSA) is 26.3 Å². The van der Waals surface area contributed by atoms with Crippen molar-refractivity contribution in [2.24, 2.45) is 0 Å². The summed E-state index contributed by atoms with van der Waals surface area (Å²) in [6.45, 7) is 1.97. The van der Waals surface area contributed by atoms with E-state index in [9.17, 15) is 9.18 Å². The van der Waals surface area contributed by atoms with Gasteiger partial charge in [0.05, 0.1) is 10.6 Å². The van der Waals surface area contributed by atoms with Gasteiger partial charge in [-0.3, -0.25) is 4.79 Å². The third-order valence-electron chi connectivity index (χ3n) is 2.85. The summed E-state index contributed by atoms with van der Waals surface area (Å²) in [4.78, 5) is 11.0. The van der Waals surface area contributed by atoms with E-state index in [0.717, 1.165) is 5.56 Å². The lowest BCUT2D eigenvalue weighted by Crippen LogP contribution is -2.01. The third-order valence-corrected chi connectivity index (χ3v) is 3.35. The highest BCUT2D eigenvalue weighted by atomic mass is 35.5. The second-order valence-electron chi connectivity index (χ2n) is 4.28. The largest absolute Gasteiger partial charge is 0.487 e. The van der Waals surface area contributed by atoms with E-state index in [2.05, 4.69) is 0 Å². The number of hydrogen-bond donors (Lipinski definition) is 0. The molecule has 0 aliphatic rings. The van der Waals surface area contributed by atoms with Crippen LogP contribution in [0.1, 0.15) is 21.5 Å². The lowest BCUT2D eigenvalue weighted by atomic mass is 10.1. The summed E-state index contributed by atoms with van der Waals surface area (Å²) >= 11 is 11.8. The van der Waals surface area contributed by atoms with Crippen molar-refractivity contribution in [1.29, 1.82) is 0 Å². The van der Waals surface area contributed by atoms with Crippen molar-refractivity contribution < 1.29 is 13.9 Å². The van der Waals surface area contributed by atoms with E-state index in [4.69, 9.17) is 27.9 Å². The molecule has 0 spiro atoms. The Hall–Kier alpha value is -1.58. The fourth-order valence-electron chi connectivity index (χ4n) is 1.77. The molecule has 2 nitrogen and oxygen atoms in total.